The molecule has 0 spiro atoms. The van der Waals surface area contributed by atoms with Gasteiger partial charge in [-0.05, 0) is 37.6 Å². The van der Waals surface area contributed by atoms with Crippen molar-refractivity contribution in [2.45, 2.75) is 46.6 Å². The highest BCUT2D eigenvalue weighted by molar-refractivity contribution is 5.78. The Kier molecular flexibility index (Phi) is 5.60. The normalized spacial score (nSPS) is 23.7. The first-order chi connectivity index (χ1) is 8.32. The van der Waals surface area contributed by atoms with Gasteiger partial charge in [0.1, 0.15) is 0 Å². The molecule has 0 saturated carbocycles. The minimum atomic E-state index is -0.152. The Bertz CT molecular complexity index is 273. The summed E-state index contributed by atoms with van der Waals surface area (Å²) in [5.74, 6) is 0.681. The number of nitrogens with zero attached hydrogens (tertiary/aromatic N) is 1. The van der Waals surface area contributed by atoms with Crippen LogP contribution in [0, 0.1) is 11.3 Å². The van der Waals surface area contributed by atoms with Crippen LogP contribution in [0.25, 0.3) is 0 Å². The molecule has 0 aromatic rings. The molecule has 1 rings (SSSR count). The maximum Gasteiger partial charge on any atom is 0.234 e. The fourth-order valence-corrected chi connectivity index (χ4v) is 2.48. The Morgan fingerprint density at radius 2 is 2.17 bits per heavy atom. The second-order valence-corrected chi connectivity index (χ2v) is 6.59. The zero-order chi connectivity index (χ0) is 13.8. The number of likely N-dealkylation sites (tertiary alicyclic amines) is 1. The van der Waals surface area contributed by atoms with E-state index in [9.17, 15) is 4.79 Å². The van der Waals surface area contributed by atoms with Crippen LogP contribution in [0.4, 0.5) is 0 Å². The lowest BCUT2D eigenvalue weighted by Crippen LogP contribution is -2.47. The van der Waals surface area contributed by atoms with Gasteiger partial charge in [-0.2, -0.15) is 0 Å². The molecular weight excluding hydrogens is 228 g/mol. The van der Waals surface area contributed by atoms with Crippen LogP contribution in [-0.4, -0.2) is 48.2 Å². The molecule has 2 N–H and O–H groups in total. The van der Waals surface area contributed by atoms with E-state index in [1.807, 2.05) is 6.92 Å². The van der Waals surface area contributed by atoms with E-state index in [-0.39, 0.29) is 18.6 Å². The molecule has 1 saturated heterocycles. The van der Waals surface area contributed by atoms with Gasteiger partial charge in [-0.25, -0.2) is 0 Å². The largest absolute Gasteiger partial charge is 0.394 e. The molecule has 0 aromatic heterocycles. The average molecular weight is 256 g/mol. The van der Waals surface area contributed by atoms with Crippen LogP contribution in [0.1, 0.15) is 40.5 Å². The summed E-state index contributed by atoms with van der Waals surface area (Å²) in [7, 11) is 0. The zero-order valence-electron chi connectivity index (χ0n) is 12.2. The third-order valence-electron chi connectivity index (χ3n) is 3.78. The summed E-state index contributed by atoms with van der Waals surface area (Å²) in [6, 6.07) is -0.152. The summed E-state index contributed by atoms with van der Waals surface area (Å²) >= 11 is 0. The summed E-state index contributed by atoms with van der Waals surface area (Å²) in [5, 5.41) is 11.7. The Hall–Kier alpha value is -0.610. The van der Waals surface area contributed by atoms with Crippen LogP contribution in [0.5, 0.6) is 0 Å². The molecule has 4 nitrogen and oxygen atoms in total. The van der Waals surface area contributed by atoms with E-state index in [0.29, 0.717) is 17.9 Å². The second-order valence-electron chi connectivity index (χ2n) is 6.59. The number of nitrogens with one attached hydrogen (secondary N) is 1. The van der Waals surface area contributed by atoms with Crippen molar-refractivity contribution in [3.63, 3.8) is 0 Å². The van der Waals surface area contributed by atoms with Gasteiger partial charge in [0.05, 0.1) is 13.2 Å². The lowest BCUT2D eigenvalue weighted by Gasteiger charge is -2.39. The Morgan fingerprint density at radius 1 is 1.50 bits per heavy atom. The van der Waals surface area contributed by atoms with E-state index in [4.69, 9.17) is 5.11 Å². The number of carbonyl (C=O) groups is 1. The highest BCUT2D eigenvalue weighted by Crippen LogP contribution is 2.32. The Labute approximate surface area is 111 Å². The highest BCUT2D eigenvalue weighted by Gasteiger charge is 2.30. The van der Waals surface area contributed by atoms with Crippen molar-refractivity contribution < 1.29 is 9.90 Å². The first-order valence-corrected chi connectivity index (χ1v) is 6.95. The van der Waals surface area contributed by atoms with Crippen LogP contribution in [0.15, 0.2) is 0 Å². The smallest absolute Gasteiger partial charge is 0.234 e. The van der Waals surface area contributed by atoms with E-state index in [1.165, 1.54) is 12.8 Å². The van der Waals surface area contributed by atoms with Gasteiger partial charge >= 0.3 is 0 Å². The van der Waals surface area contributed by atoms with Crippen LogP contribution in [0.2, 0.25) is 0 Å². The number of amides is 1. The average Bonchev–Trinajstić information content (AvgIpc) is 2.27. The monoisotopic (exact) mass is 256 g/mol. The number of carbonyl (C=O) groups excluding carboxylic acids is 1. The Balaban J connectivity index is 2.41. The quantitative estimate of drug-likeness (QED) is 0.796. The minimum Gasteiger partial charge on any atom is -0.394 e. The van der Waals surface area contributed by atoms with Crippen molar-refractivity contribution in [3.8, 4) is 0 Å². The van der Waals surface area contributed by atoms with E-state index in [2.05, 4.69) is 31.0 Å². The molecule has 1 aliphatic heterocycles. The van der Waals surface area contributed by atoms with Crippen LogP contribution in [-0.2, 0) is 4.79 Å². The summed E-state index contributed by atoms with van der Waals surface area (Å²) < 4.78 is 0. The molecule has 18 heavy (non-hydrogen) atoms. The number of hydrogen-bond donors (Lipinski definition) is 2. The lowest BCUT2D eigenvalue weighted by atomic mass is 9.76. The van der Waals surface area contributed by atoms with Crippen molar-refractivity contribution in [1.29, 1.82) is 0 Å². The molecule has 0 aliphatic carbocycles. The number of piperidine rings is 1. The first-order valence-electron chi connectivity index (χ1n) is 6.95. The zero-order valence-corrected chi connectivity index (χ0v) is 12.2. The van der Waals surface area contributed by atoms with E-state index < -0.39 is 0 Å². The summed E-state index contributed by atoms with van der Waals surface area (Å²) in [4.78, 5) is 14.0. The molecule has 1 fully saturated rings. The summed E-state index contributed by atoms with van der Waals surface area (Å²) in [6.45, 7) is 11.1. The van der Waals surface area contributed by atoms with Crippen LogP contribution in [0.3, 0.4) is 0 Å². The molecule has 1 heterocycles. The number of aliphatic hydroxyl groups is 1. The SMILES string of the molecule is CC(CO)NC(=O)CN1CCCC(C(C)(C)C)C1. The van der Waals surface area contributed by atoms with Crippen molar-refractivity contribution in [2.75, 3.05) is 26.2 Å². The predicted octanol–water partition coefficient (Wildman–Crippen LogP) is 1.24. The van der Waals surface area contributed by atoms with Crippen molar-refractivity contribution in [1.82, 2.24) is 10.2 Å². The number of aliphatic hydroxyl groups excluding tert-OH is 1. The predicted molar refractivity (Wildman–Crippen MR) is 73.3 cm³/mol. The van der Waals surface area contributed by atoms with Crippen LogP contribution < -0.4 is 5.32 Å². The summed E-state index contributed by atoms with van der Waals surface area (Å²) in [6.07, 6.45) is 2.43. The van der Waals surface area contributed by atoms with Gasteiger partial charge in [0.15, 0.2) is 0 Å². The molecule has 2 atom stereocenters. The molecule has 0 bridgehead atoms. The van der Waals surface area contributed by atoms with E-state index in [0.717, 1.165) is 13.1 Å². The maximum atomic E-state index is 11.8. The highest BCUT2D eigenvalue weighted by atomic mass is 16.3. The maximum absolute atomic E-state index is 11.8. The number of rotatable bonds is 4. The van der Waals surface area contributed by atoms with Gasteiger partial charge in [-0.15, -0.1) is 0 Å². The third kappa shape index (κ3) is 4.94. The molecule has 1 amide bonds. The fourth-order valence-electron chi connectivity index (χ4n) is 2.48. The molecule has 106 valence electrons. The molecule has 0 aromatic carbocycles. The van der Waals surface area contributed by atoms with E-state index >= 15 is 0 Å². The topological polar surface area (TPSA) is 52.6 Å². The summed E-state index contributed by atoms with van der Waals surface area (Å²) in [5.41, 5.74) is 0.313. The fraction of sp³-hybridized carbons (Fsp3) is 0.929. The molecule has 2 unspecified atom stereocenters. The standard InChI is InChI=1S/C14H28N2O2/c1-11(10-17)15-13(18)9-16-7-5-6-12(8-16)14(2,3)4/h11-12,17H,5-10H2,1-4H3,(H,15,18). The van der Waals surface area contributed by atoms with Crippen molar-refractivity contribution in [2.24, 2.45) is 11.3 Å². The van der Waals surface area contributed by atoms with Crippen LogP contribution >= 0.6 is 0 Å². The molecule has 4 heteroatoms. The van der Waals surface area contributed by atoms with E-state index in [1.54, 1.807) is 0 Å². The van der Waals surface area contributed by atoms with Crippen molar-refractivity contribution in [3.05, 3.63) is 0 Å². The third-order valence-corrected chi connectivity index (χ3v) is 3.78. The molecule has 0 radical (unpaired) electrons. The Morgan fingerprint density at radius 3 is 2.72 bits per heavy atom. The van der Waals surface area contributed by atoms with Gasteiger partial charge in [0.2, 0.25) is 5.91 Å². The van der Waals surface area contributed by atoms with Gasteiger partial charge in [0, 0.05) is 12.6 Å². The van der Waals surface area contributed by atoms with Gasteiger partial charge < -0.3 is 10.4 Å². The lowest BCUT2D eigenvalue weighted by molar-refractivity contribution is -0.123. The van der Waals surface area contributed by atoms with Gasteiger partial charge in [-0.3, -0.25) is 9.69 Å². The minimum absolute atomic E-state index is 0.00361. The first kappa shape index (κ1) is 15.4. The molecule has 1 aliphatic rings. The van der Waals surface area contributed by atoms with Gasteiger partial charge in [-0.1, -0.05) is 20.8 Å². The van der Waals surface area contributed by atoms with Gasteiger partial charge in [0.25, 0.3) is 0 Å². The number of hydrogen-bond acceptors (Lipinski definition) is 3. The second kappa shape index (κ2) is 6.53. The van der Waals surface area contributed by atoms with Crippen molar-refractivity contribution >= 4 is 5.91 Å². The molecular formula is C14H28N2O2.